The van der Waals surface area contributed by atoms with Crippen LogP contribution < -0.4 is 10.1 Å². The number of hydrogen-bond donors (Lipinski definition) is 1. The van der Waals surface area contributed by atoms with E-state index in [1.54, 1.807) is 0 Å². The summed E-state index contributed by atoms with van der Waals surface area (Å²) in [6, 6.07) is 0. The third-order valence-electron chi connectivity index (χ3n) is 3.72. The van der Waals surface area contributed by atoms with Gasteiger partial charge in [-0.1, -0.05) is 13.8 Å². The van der Waals surface area contributed by atoms with Crippen LogP contribution in [0.1, 0.15) is 44.0 Å². The van der Waals surface area contributed by atoms with E-state index in [1.165, 1.54) is 25.9 Å². The molecule has 5 heteroatoms. The highest BCUT2D eigenvalue weighted by Gasteiger charge is 2.15. The molecule has 1 aromatic rings. The average Bonchev–Trinajstić information content (AvgIpc) is 2.93. The smallest absolute Gasteiger partial charge is 0.221 e. The first-order valence-electron chi connectivity index (χ1n) is 7.53. The largest absolute Gasteiger partial charge is 0.476 e. The lowest BCUT2D eigenvalue weighted by Gasteiger charge is -2.17. The fourth-order valence-electron chi connectivity index (χ4n) is 2.43. The summed E-state index contributed by atoms with van der Waals surface area (Å²) >= 11 is 0. The first kappa shape index (κ1) is 15.0. The summed E-state index contributed by atoms with van der Waals surface area (Å²) in [5.41, 5.74) is 0.985. The van der Waals surface area contributed by atoms with Crippen molar-refractivity contribution in [2.45, 2.75) is 39.5 Å². The molecule has 1 saturated heterocycles. The highest BCUT2D eigenvalue weighted by atomic mass is 16.5. The molecule has 0 unspecified atom stereocenters. The third-order valence-corrected chi connectivity index (χ3v) is 3.72. The Morgan fingerprint density at radius 2 is 1.95 bits per heavy atom. The van der Waals surface area contributed by atoms with Crippen LogP contribution in [-0.4, -0.2) is 48.2 Å². The van der Waals surface area contributed by atoms with E-state index < -0.39 is 0 Å². The summed E-state index contributed by atoms with van der Waals surface area (Å²) < 4.78 is 5.90. The van der Waals surface area contributed by atoms with Gasteiger partial charge in [-0.05, 0) is 32.9 Å². The molecule has 5 nitrogen and oxygen atoms in total. The van der Waals surface area contributed by atoms with Crippen LogP contribution in [0.2, 0.25) is 0 Å². The van der Waals surface area contributed by atoms with Gasteiger partial charge in [0.25, 0.3) is 0 Å². The lowest BCUT2D eigenvalue weighted by atomic mass is 10.2. The summed E-state index contributed by atoms with van der Waals surface area (Å²) in [6.07, 6.45) is 2.63. The zero-order valence-corrected chi connectivity index (χ0v) is 13.1. The number of likely N-dealkylation sites (tertiary alicyclic amines) is 1. The molecule has 0 bridgehead atoms. The second-order valence-corrected chi connectivity index (χ2v) is 5.66. The van der Waals surface area contributed by atoms with Crippen LogP contribution in [0.3, 0.4) is 0 Å². The molecule has 20 heavy (non-hydrogen) atoms. The van der Waals surface area contributed by atoms with Crippen LogP contribution in [0.15, 0.2) is 0 Å². The molecule has 1 N–H and O–H groups in total. The lowest BCUT2D eigenvalue weighted by molar-refractivity contribution is 0.230. The Morgan fingerprint density at radius 1 is 1.25 bits per heavy atom. The molecule has 2 rings (SSSR count). The highest BCUT2D eigenvalue weighted by Crippen LogP contribution is 2.24. The molecular formula is C15H26N4O. The monoisotopic (exact) mass is 278 g/mol. The van der Waals surface area contributed by atoms with Gasteiger partial charge in [-0.2, -0.15) is 4.98 Å². The van der Waals surface area contributed by atoms with Crippen LogP contribution in [0.4, 0.5) is 5.82 Å². The Hall–Kier alpha value is -1.36. The molecule has 0 radical (unpaired) electrons. The van der Waals surface area contributed by atoms with Crippen LogP contribution in [0.5, 0.6) is 5.88 Å². The maximum Gasteiger partial charge on any atom is 0.221 e. The molecule has 1 aliphatic heterocycles. The highest BCUT2D eigenvalue weighted by molar-refractivity contribution is 5.48. The van der Waals surface area contributed by atoms with Gasteiger partial charge in [0, 0.05) is 19.5 Å². The van der Waals surface area contributed by atoms with Crippen molar-refractivity contribution in [1.82, 2.24) is 14.9 Å². The fourth-order valence-corrected chi connectivity index (χ4v) is 2.43. The summed E-state index contributed by atoms with van der Waals surface area (Å²) in [5, 5.41) is 3.12. The number of hydrogen-bond acceptors (Lipinski definition) is 5. The van der Waals surface area contributed by atoms with Crippen LogP contribution >= 0.6 is 0 Å². The average molecular weight is 278 g/mol. The van der Waals surface area contributed by atoms with Crippen LogP contribution in [0, 0.1) is 6.92 Å². The van der Waals surface area contributed by atoms with Crippen LogP contribution in [-0.2, 0) is 0 Å². The number of ether oxygens (including phenoxy) is 1. The quantitative estimate of drug-likeness (QED) is 0.866. The Balaban J connectivity index is 2.03. The normalized spacial score (nSPS) is 15.8. The number of nitrogens with zero attached hydrogens (tertiary/aromatic N) is 3. The lowest BCUT2D eigenvalue weighted by Crippen LogP contribution is -2.25. The molecule has 0 atom stereocenters. The molecule has 0 saturated carbocycles. The van der Waals surface area contributed by atoms with E-state index >= 15 is 0 Å². The van der Waals surface area contributed by atoms with Gasteiger partial charge < -0.3 is 10.1 Å². The minimum atomic E-state index is 0.295. The van der Waals surface area contributed by atoms with E-state index in [0.717, 1.165) is 23.8 Å². The van der Waals surface area contributed by atoms with Crippen molar-refractivity contribution in [2.75, 3.05) is 38.6 Å². The van der Waals surface area contributed by atoms with Crippen molar-refractivity contribution in [3.05, 3.63) is 11.4 Å². The van der Waals surface area contributed by atoms with Gasteiger partial charge in [0.2, 0.25) is 5.88 Å². The summed E-state index contributed by atoms with van der Waals surface area (Å²) in [7, 11) is 1.88. The van der Waals surface area contributed by atoms with Gasteiger partial charge in [0.1, 0.15) is 18.2 Å². The summed E-state index contributed by atoms with van der Waals surface area (Å²) in [5.74, 6) is 2.70. The molecule has 0 aliphatic carbocycles. The molecule has 0 spiro atoms. The minimum absolute atomic E-state index is 0.295. The molecule has 0 amide bonds. The number of nitrogens with one attached hydrogen (secondary N) is 1. The zero-order chi connectivity index (χ0) is 14.5. The fraction of sp³-hybridized carbons (Fsp3) is 0.733. The SMILES string of the molecule is CNc1nc(C(C)C)nc(OCCN2CCCC2)c1C. The maximum atomic E-state index is 5.90. The van der Waals surface area contributed by atoms with E-state index in [4.69, 9.17) is 4.74 Å². The van der Waals surface area contributed by atoms with Crippen molar-refractivity contribution in [3.63, 3.8) is 0 Å². The maximum absolute atomic E-state index is 5.90. The van der Waals surface area contributed by atoms with E-state index in [0.29, 0.717) is 18.4 Å². The van der Waals surface area contributed by atoms with Crippen molar-refractivity contribution in [3.8, 4) is 5.88 Å². The number of aromatic nitrogens is 2. The Bertz CT molecular complexity index is 442. The van der Waals surface area contributed by atoms with E-state index in [-0.39, 0.29) is 0 Å². The second kappa shape index (κ2) is 6.88. The third kappa shape index (κ3) is 3.60. The summed E-state index contributed by atoms with van der Waals surface area (Å²) in [4.78, 5) is 11.5. The molecule has 1 fully saturated rings. The van der Waals surface area contributed by atoms with Crippen molar-refractivity contribution >= 4 is 5.82 Å². The Kier molecular flexibility index (Phi) is 5.17. The molecule has 1 aromatic heterocycles. The first-order valence-corrected chi connectivity index (χ1v) is 7.53. The number of anilines is 1. The van der Waals surface area contributed by atoms with Gasteiger partial charge in [-0.3, -0.25) is 4.90 Å². The van der Waals surface area contributed by atoms with Crippen molar-refractivity contribution < 1.29 is 4.74 Å². The first-order chi connectivity index (χ1) is 9.61. The molecule has 0 aromatic carbocycles. The van der Waals surface area contributed by atoms with Gasteiger partial charge in [-0.25, -0.2) is 4.98 Å². The molecular weight excluding hydrogens is 252 g/mol. The van der Waals surface area contributed by atoms with Gasteiger partial charge in [-0.15, -0.1) is 0 Å². The molecule has 112 valence electrons. The predicted molar refractivity (Wildman–Crippen MR) is 81.6 cm³/mol. The predicted octanol–water partition coefficient (Wildman–Crippen LogP) is 2.42. The number of rotatable bonds is 6. The molecule has 1 aliphatic rings. The van der Waals surface area contributed by atoms with Gasteiger partial charge in [0.05, 0.1) is 5.56 Å². The van der Waals surface area contributed by atoms with E-state index in [2.05, 4.69) is 34.0 Å². The van der Waals surface area contributed by atoms with E-state index in [1.807, 2.05) is 14.0 Å². The van der Waals surface area contributed by atoms with Gasteiger partial charge in [0.15, 0.2) is 0 Å². The Labute approximate surface area is 121 Å². The minimum Gasteiger partial charge on any atom is -0.476 e. The standard InChI is InChI=1S/C15H26N4O/c1-11(2)13-17-14(16-4)12(3)15(18-13)20-10-9-19-7-5-6-8-19/h11H,5-10H2,1-4H3,(H,16,17,18). The molecule has 2 heterocycles. The van der Waals surface area contributed by atoms with E-state index in [9.17, 15) is 0 Å². The summed E-state index contributed by atoms with van der Waals surface area (Å²) in [6.45, 7) is 10.3. The second-order valence-electron chi connectivity index (χ2n) is 5.66. The Morgan fingerprint density at radius 3 is 2.55 bits per heavy atom. The van der Waals surface area contributed by atoms with Crippen LogP contribution in [0.25, 0.3) is 0 Å². The zero-order valence-electron chi connectivity index (χ0n) is 13.1. The van der Waals surface area contributed by atoms with Gasteiger partial charge >= 0.3 is 0 Å². The topological polar surface area (TPSA) is 50.3 Å². The van der Waals surface area contributed by atoms with Crippen molar-refractivity contribution in [1.29, 1.82) is 0 Å². The van der Waals surface area contributed by atoms with Crippen molar-refractivity contribution in [2.24, 2.45) is 0 Å².